The summed E-state index contributed by atoms with van der Waals surface area (Å²) in [5, 5.41) is 12.1. The Bertz CT molecular complexity index is 753. The minimum Gasteiger partial charge on any atom is -0.482 e. The Balaban J connectivity index is 2.01. The first-order valence-electron chi connectivity index (χ1n) is 6.10. The van der Waals surface area contributed by atoms with Crippen LogP contribution in [0.2, 0.25) is 0 Å². The monoisotopic (exact) mass is 327 g/mol. The Morgan fingerprint density at radius 2 is 2.05 bits per heavy atom. The molecule has 0 radical (unpaired) electrons. The van der Waals surface area contributed by atoms with Gasteiger partial charge in [0.05, 0.1) is 11.4 Å². The molecule has 0 saturated heterocycles. The molecule has 0 bridgehead atoms. The predicted octanol–water partition coefficient (Wildman–Crippen LogP) is 0.320. The summed E-state index contributed by atoms with van der Waals surface area (Å²) in [6.07, 6.45) is 0. The summed E-state index contributed by atoms with van der Waals surface area (Å²) in [6.45, 7) is 0.999. The zero-order valence-corrected chi connectivity index (χ0v) is 12.3. The third-order valence-corrected chi connectivity index (χ3v) is 3.90. The molecule has 118 valence electrons. The summed E-state index contributed by atoms with van der Waals surface area (Å²) in [5.41, 5.74) is 0. The average molecular weight is 327 g/mol. The zero-order chi connectivity index (χ0) is 16.2. The number of carboxylic acid groups (broad SMARTS) is 1. The number of benzene rings is 1. The molecule has 0 fully saturated rings. The van der Waals surface area contributed by atoms with Crippen molar-refractivity contribution < 1.29 is 27.6 Å². The van der Waals surface area contributed by atoms with Gasteiger partial charge in [-0.25, -0.2) is 17.9 Å². The number of aliphatic carboxylic acids is 1. The van der Waals surface area contributed by atoms with Gasteiger partial charge in [-0.05, 0) is 24.3 Å². The number of rotatable bonds is 7. The Hall–Kier alpha value is -2.46. The van der Waals surface area contributed by atoms with Crippen LogP contribution in [-0.4, -0.2) is 36.2 Å². The van der Waals surface area contributed by atoms with E-state index in [1.165, 1.54) is 24.3 Å². The summed E-state index contributed by atoms with van der Waals surface area (Å²) in [5.74, 6) is -0.291. The standard InChI is InChI=1S/C12H13N3O6S/c1-8-14-11(15-21-8)6-13-22(18,19)10-4-2-9(3-5-10)20-7-12(16)17/h2-5,13H,6-7H2,1H3,(H,16,17). The summed E-state index contributed by atoms with van der Waals surface area (Å²) in [6, 6.07) is 5.36. The molecule has 10 heteroatoms. The summed E-state index contributed by atoms with van der Waals surface area (Å²) < 4.78 is 36.1. The number of hydrogen-bond donors (Lipinski definition) is 2. The molecule has 9 nitrogen and oxygen atoms in total. The number of carboxylic acids is 1. The number of sulfonamides is 1. The maximum atomic E-state index is 12.1. The second kappa shape index (κ2) is 6.54. The molecule has 1 aromatic heterocycles. The molecule has 0 aliphatic rings. The number of carbonyl (C=O) groups is 1. The van der Waals surface area contributed by atoms with Gasteiger partial charge < -0.3 is 14.4 Å². The largest absolute Gasteiger partial charge is 0.482 e. The normalized spacial score (nSPS) is 11.3. The van der Waals surface area contributed by atoms with Gasteiger partial charge in [-0.15, -0.1) is 0 Å². The highest BCUT2D eigenvalue weighted by atomic mass is 32.2. The molecule has 2 aromatic rings. The fourth-order valence-electron chi connectivity index (χ4n) is 1.52. The molecule has 0 unspecified atom stereocenters. The molecular formula is C12H13N3O6S. The van der Waals surface area contributed by atoms with Crippen LogP contribution < -0.4 is 9.46 Å². The van der Waals surface area contributed by atoms with E-state index in [1.54, 1.807) is 6.92 Å². The lowest BCUT2D eigenvalue weighted by Crippen LogP contribution is -2.23. The number of nitrogens with zero attached hydrogens (tertiary/aromatic N) is 2. The summed E-state index contributed by atoms with van der Waals surface area (Å²) >= 11 is 0. The first kappa shape index (κ1) is 15.9. The van der Waals surface area contributed by atoms with E-state index >= 15 is 0 Å². The van der Waals surface area contributed by atoms with E-state index in [4.69, 9.17) is 14.4 Å². The van der Waals surface area contributed by atoms with Crippen molar-refractivity contribution in [1.82, 2.24) is 14.9 Å². The van der Waals surface area contributed by atoms with E-state index in [2.05, 4.69) is 14.9 Å². The minimum absolute atomic E-state index is 0.00962. The van der Waals surface area contributed by atoms with Crippen LogP contribution in [0.25, 0.3) is 0 Å². The van der Waals surface area contributed by atoms with Gasteiger partial charge in [0.15, 0.2) is 12.4 Å². The molecular weight excluding hydrogens is 314 g/mol. The number of ether oxygens (including phenoxy) is 1. The lowest BCUT2D eigenvalue weighted by atomic mass is 10.3. The van der Waals surface area contributed by atoms with Crippen LogP contribution in [0.3, 0.4) is 0 Å². The lowest BCUT2D eigenvalue weighted by Gasteiger charge is -2.06. The van der Waals surface area contributed by atoms with Crippen LogP contribution in [0, 0.1) is 6.92 Å². The Labute approximate surface area is 126 Å². The number of nitrogens with one attached hydrogen (secondary N) is 1. The van der Waals surface area contributed by atoms with Crippen molar-refractivity contribution in [2.75, 3.05) is 6.61 Å². The van der Waals surface area contributed by atoms with Crippen LogP contribution in [-0.2, 0) is 21.4 Å². The molecule has 0 atom stereocenters. The van der Waals surface area contributed by atoms with Crippen molar-refractivity contribution in [3.63, 3.8) is 0 Å². The topological polar surface area (TPSA) is 132 Å². The molecule has 1 heterocycles. The zero-order valence-electron chi connectivity index (χ0n) is 11.5. The van der Waals surface area contributed by atoms with Gasteiger partial charge in [0, 0.05) is 6.92 Å². The second-order valence-electron chi connectivity index (χ2n) is 4.21. The van der Waals surface area contributed by atoms with Gasteiger partial charge in [-0.3, -0.25) is 0 Å². The van der Waals surface area contributed by atoms with E-state index in [0.29, 0.717) is 5.89 Å². The summed E-state index contributed by atoms with van der Waals surface area (Å²) in [7, 11) is -3.74. The third-order valence-electron chi connectivity index (χ3n) is 2.49. The van der Waals surface area contributed by atoms with Crippen LogP contribution >= 0.6 is 0 Å². The smallest absolute Gasteiger partial charge is 0.341 e. The van der Waals surface area contributed by atoms with Gasteiger partial charge in [0.25, 0.3) is 0 Å². The second-order valence-corrected chi connectivity index (χ2v) is 5.97. The van der Waals surface area contributed by atoms with Crippen molar-refractivity contribution in [3.05, 3.63) is 36.0 Å². The van der Waals surface area contributed by atoms with Gasteiger partial charge >= 0.3 is 5.97 Å². The molecule has 0 amide bonds. The first-order valence-corrected chi connectivity index (χ1v) is 7.58. The first-order chi connectivity index (χ1) is 10.4. The van der Waals surface area contributed by atoms with Crippen LogP contribution in [0.1, 0.15) is 11.7 Å². The van der Waals surface area contributed by atoms with E-state index in [0.717, 1.165) is 0 Å². The van der Waals surface area contributed by atoms with Gasteiger partial charge in [0.1, 0.15) is 5.75 Å². The third kappa shape index (κ3) is 4.27. The van der Waals surface area contributed by atoms with Crippen molar-refractivity contribution in [3.8, 4) is 5.75 Å². The number of aromatic nitrogens is 2. The minimum atomic E-state index is -3.74. The Morgan fingerprint density at radius 1 is 1.36 bits per heavy atom. The molecule has 0 spiro atoms. The fraction of sp³-hybridized carbons (Fsp3) is 0.250. The highest BCUT2D eigenvalue weighted by Gasteiger charge is 2.15. The van der Waals surface area contributed by atoms with Crippen molar-refractivity contribution >= 4 is 16.0 Å². The summed E-state index contributed by atoms with van der Waals surface area (Å²) in [4.78, 5) is 14.3. The number of hydrogen-bond acceptors (Lipinski definition) is 7. The molecule has 2 rings (SSSR count). The molecule has 22 heavy (non-hydrogen) atoms. The van der Waals surface area contributed by atoms with Crippen molar-refractivity contribution in [2.45, 2.75) is 18.4 Å². The van der Waals surface area contributed by atoms with Gasteiger partial charge in [0.2, 0.25) is 15.9 Å². The Kier molecular flexibility index (Phi) is 4.73. The molecule has 1 aromatic carbocycles. The van der Waals surface area contributed by atoms with E-state index in [-0.39, 0.29) is 23.0 Å². The van der Waals surface area contributed by atoms with Crippen LogP contribution in [0.15, 0.2) is 33.7 Å². The molecule has 0 aliphatic carbocycles. The fourth-order valence-corrected chi connectivity index (χ4v) is 2.50. The van der Waals surface area contributed by atoms with Gasteiger partial charge in [-0.1, -0.05) is 5.16 Å². The van der Waals surface area contributed by atoms with Crippen LogP contribution in [0.5, 0.6) is 5.75 Å². The van der Waals surface area contributed by atoms with Crippen molar-refractivity contribution in [1.29, 1.82) is 0 Å². The predicted molar refractivity (Wildman–Crippen MR) is 72.6 cm³/mol. The quantitative estimate of drug-likeness (QED) is 0.743. The average Bonchev–Trinajstić information content (AvgIpc) is 2.89. The number of aryl methyl sites for hydroxylation is 1. The van der Waals surface area contributed by atoms with E-state index < -0.39 is 22.6 Å². The lowest BCUT2D eigenvalue weighted by molar-refractivity contribution is -0.139. The maximum Gasteiger partial charge on any atom is 0.341 e. The maximum absolute atomic E-state index is 12.1. The Morgan fingerprint density at radius 3 is 2.59 bits per heavy atom. The molecule has 2 N–H and O–H groups in total. The van der Waals surface area contributed by atoms with E-state index in [1.807, 2.05) is 0 Å². The highest BCUT2D eigenvalue weighted by molar-refractivity contribution is 7.89. The van der Waals surface area contributed by atoms with Crippen molar-refractivity contribution in [2.24, 2.45) is 0 Å². The molecule has 0 aliphatic heterocycles. The van der Waals surface area contributed by atoms with E-state index in [9.17, 15) is 13.2 Å². The highest BCUT2D eigenvalue weighted by Crippen LogP contribution is 2.16. The SMILES string of the molecule is Cc1nc(CNS(=O)(=O)c2ccc(OCC(=O)O)cc2)no1. The van der Waals surface area contributed by atoms with Crippen LogP contribution in [0.4, 0.5) is 0 Å². The molecule has 0 saturated carbocycles. The van der Waals surface area contributed by atoms with Gasteiger partial charge in [-0.2, -0.15) is 4.98 Å².